The van der Waals surface area contributed by atoms with Gasteiger partial charge in [-0.2, -0.15) is 11.8 Å². The Morgan fingerprint density at radius 1 is 1.58 bits per heavy atom. The van der Waals surface area contributed by atoms with Gasteiger partial charge in [0, 0.05) is 0 Å². The van der Waals surface area contributed by atoms with Crippen LogP contribution in [0.2, 0.25) is 0 Å². The number of allylic oxidation sites excluding steroid dienone is 1. The lowest BCUT2D eigenvalue weighted by atomic mass is 9.94. The Bertz CT molecular complexity index is 154. The summed E-state index contributed by atoms with van der Waals surface area (Å²) in [5, 5.41) is 9.72. The molecule has 0 aliphatic heterocycles. The van der Waals surface area contributed by atoms with Crippen molar-refractivity contribution in [3.05, 3.63) is 11.6 Å². The van der Waals surface area contributed by atoms with Crippen molar-refractivity contribution in [1.82, 2.24) is 0 Å². The highest BCUT2D eigenvalue weighted by molar-refractivity contribution is 7.98. The van der Waals surface area contributed by atoms with Crippen molar-refractivity contribution >= 4 is 11.8 Å². The van der Waals surface area contributed by atoms with Gasteiger partial charge in [-0.15, -0.1) is 0 Å². The van der Waals surface area contributed by atoms with Gasteiger partial charge in [-0.1, -0.05) is 6.08 Å². The maximum atomic E-state index is 9.72. The highest BCUT2D eigenvalue weighted by Gasteiger charge is 2.12. The predicted molar refractivity (Wildman–Crippen MR) is 55.6 cm³/mol. The second kappa shape index (κ2) is 5.65. The Hall–Kier alpha value is 0.0500. The molecule has 0 fully saturated rings. The second-order valence-corrected chi connectivity index (χ2v) is 4.31. The molecule has 0 spiro atoms. The summed E-state index contributed by atoms with van der Waals surface area (Å²) in [4.78, 5) is 0. The Kier molecular flexibility index (Phi) is 4.77. The first-order chi connectivity index (χ1) is 5.84. The van der Waals surface area contributed by atoms with Crippen molar-refractivity contribution in [3.8, 4) is 0 Å². The van der Waals surface area contributed by atoms with Crippen LogP contribution >= 0.6 is 11.8 Å². The van der Waals surface area contributed by atoms with Gasteiger partial charge in [-0.25, -0.2) is 0 Å². The molecule has 0 aromatic rings. The highest BCUT2D eigenvalue weighted by Crippen LogP contribution is 2.22. The average Bonchev–Trinajstić information content (AvgIpc) is 2.15. The van der Waals surface area contributed by atoms with Crippen molar-refractivity contribution in [1.29, 1.82) is 0 Å². The largest absolute Gasteiger partial charge is 0.389 e. The zero-order chi connectivity index (χ0) is 8.81. The molecule has 1 aliphatic carbocycles. The van der Waals surface area contributed by atoms with E-state index >= 15 is 0 Å². The minimum atomic E-state index is -0.155. The van der Waals surface area contributed by atoms with Crippen molar-refractivity contribution in [3.63, 3.8) is 0 Å². The topological polar surface area (TPSA) is 20.2 Å². The van der Waals surface area contributed by atoms with Crippen LogP contribution in [0.15, 0.2) is 11.6 Å². The first-order valence-electron chi connectivity index (χ1n) is 4.70. The van der Waals surface area contributed by atoms with Crippen molar-refractivity contribution in [2.75, 3.05) is 12.0 Å². The number of aliphatic hydroxyl groups excluding tert-OH is 1. The lowest BCUT2D eigenvalue weighted by molar-refractivity contribution is 0.201. The minimum Gasteiger partial charge on any atom is -0.389 e. The summed E-state index contributed by atoms with van der Waals surface area (Å²) in [6.45, 7) is 0. The summed E-state index contributed by atoms with van der Waals surface area (Å²) in [7, 11) is 0. The molecule has 70 valence electrons. The summed E-state index contributed by atoms with van der Waals surface area (Å²) in [5.41, 5.74) is 1.29. The third-order valence-electron chi connectivity index (χ3n) is 2.35. The van der Waals surface area contributed by atoms with E-state index in [2.05, 4.69) is 12.3 Å². The Balaban J connectivity index is 2.29. The molecule has 1 aliphatic rings. The standard InChI is InChI=1S/C10H18OS/c1-12-8-7-10(11)9-5-3-2-4-6-9/h5,10-11H,2-4,6-8H2,1H3. The van der Waals surface area contributed by atoms with Crippen LogP contribution in [0.5, 0.6) is 0 Å². The van der Waals surface area contributed by atoms with Crippen LogP contribution in [0.4, 0.5) is 0 Å². The number of hydrogen-bond acceptors (Lipinski definition) is 2. The fourth-order valence-electron chi connectivity index (χ4n) is 1.58. The van der Waals surface area contributed by atoms with Crippen LogP contribution in [-0.2, 0) is 0 Å². The highest BCUT2D eigenvalue weighted by atomic mass is 32.2. The van der Waals surface area contributed by atoms with Gasteiger partial charge >= 0.3 is 0 Å². The van der Waals surface area contributed by atoms with E-state index < -0.39 is 0 Å². The van der Waals surface area contributed by atoms with E-state index in [-0.39, 0.29) is 6.10 Å². The van der Waals surface area contributed by atoms with Gasteiger partial charge in [0.15, 0.2) is 0 Å². The van der Waals surface area contributed by atoms with Gasteiger partial charge in [0.1, 0.15) is 0 Å². The van der Waals surface area contributed by atoms with Gasteiger partial charge < -0.3 is 5.11 Å². The molecular weight excluding hydrogens is 168 g/mol. The molecule has 1 nitrogen and oxygen atoms in total. The molecule has 0 saturated heterocycles. The Morgan fingerprint density at radius 3 is 3.00 bits per heavy atom. The third kappa shape index (κ3) is 3.20. The minimum absolute atomic E-state index is 0.155. The zero-order valence-corrected chi connectivity index (χ0v) is 8.57. The first-order valence-corrected chi connectivity index (χ1v) is 6.10. The van der Waals surface area contributed by atoms with E-state index in [1.165, 1.54) is 24.8 Å². The molecule has 0 heterocycles. The van der Waals surface area contributed by atoms with Gasteiger partial charge in [0.2, 0.25) is 0 Å². The van der Waals surface area contributed by atoms with E-state index in [0.29, 0.717) is 0 Å². The molecule has 1 unspecified atom stereocenters. The van der Waals surface area contributed by atoms with Crippen LogP contribution in [-0.4, -0.2) is 23.2 Å². The monoisotopic (exact) mass is 186 g/mol. The average molecular weight is 186 g/mol. The molecule has 2 heteroatoms. The van der Waals surface area contributed by atoms with Gasteiger partial charge in [0.05, 0.1) is 6.10 Å². The van der Waals surface area contributed by atoms with E-state index in [9.17, 15) is 5.11 Å². The molecular formula is C10H18OS. The van der Waals surface area contributed by atoms with Gasteiger partial charge in [-0.05, 0) is 49.7 Å². The molecule has 0 aromatic carbocycles. The van der Waals surface area contributed by atoms with Crippen LogP contribution in [0.3, 0.4) is 0 Å². The fraction of sp³-hybridized carbons (Fsp3) is 0.800. The van der Waals surface area contributed by atoms with Crippen LogP contribution in [0, 0.1) is 0 Å². The lowest BCUT2D eigenvalue weighted by Crippen LogP contribution is -2.13. The maximum absolute atomic E-state index is 9.72. The van der Waals surface area contributed by atoms with Crippen molar-refractivity contribution < 1.29 is 5.11 Å². The second-order valence-electron chi connectivity index (χ2n) is 3.32. The third-order valence-corrected chi connectivity index (χ3v) is 2.99. The van der Waals surface area contributed by atoms with Gasteiger partial charge in [0.25, 0.3) is 0 Å². The zero-order valence-electron chi connectivity index (χ0n) is 7.75. The predicted octanol–water partition coefficient (Wildman–Crippen LogP) is 2.60. The molecule has 1 rings (SSSR count). The number of hydrogen-bond donors (Lipinski definition) is 1. The molecule has 12 heavy (non-hydrogen) atoms. The van der Waals surface area contributed by atoms with Gasteiger partial charge in [-0.3, -0.25) is 0 Å². The summed E-state index contributed by atoms with van der Waals surface area (Å²) >= 11 is 1.81. The molecule has 0 radical (unpaired) electrons. The lowest BCUT2D eigenvalue weighted by Gasteiger charge is -2.17. The first kappa shape index (κ1) is 10.1. The van der Waals surface area contributed by atoms with Crippen molar-refractivity contribution in [2.45, 2.75) is 38.2 Å². The summed E-state index contributed by atoms with van der Waals surface area (Å²) in [6, 6.07) is 0. The maximum Gasteiger partial charge on any atom is 0.0758 e. The van der Waals surface area contributed by atoms with E-state index in [0.717, 1.165) is 18.6 Å². The number of thioether (sulfide) groups is 1. The molecule has 1 N–H and O–H groups in total. The Morgan fingerprint density at radius 2 is 2.42 bits per heavy atom. The number of aliphatic hydroxyl groups is 1. The van der Waals surface area contributed by atoms with Crippen LogP contribution in [0.25, 0.3) is 0 Å². The molecule has 1 atom stereocenters. The fourth-order valence-corrected chi connectivity index (χ4v) is 2.04. The molecule has 0 aromatic heterocycles. The van der Waals surface area contributed by atoms with Crippen LogP contribution in [0.1, 0.15) is 32.1 Å². The molecule has 0 saturated carbocycles. The molecule has 0 amide bonds. The summed E-state index contributed by atoms with van der Waals surface area (Å²) < 4.78 is 0. The van der Waals surface area contributed by atoms with E-state index in [1.807, 2.05) is 0 Å². The van der Waals surface area contributed by atoms with E-state index in [1.54, 1.807) is 11.8 Å². The summed E-state index contributed by atoms with van der Waals surface area (Å²) in [5.74, 6) is 1.07. The number of rotatable bonds is 4. The summed E-state index contributed by atoms with van der Waals surface area (Å²) in [6.07, 6.45) is 9.95. The quantitative estimate of drug-likeness (QED) is 0.681. The smallest absolute Gasteiger partial charge is 0.0758 e. The Labute approximate surface area is 79.2 Å². The SMILES string of the molecule is CSCCC(O)C1=CCCCC1. The van der Waals surface area contributed by atoms with Crippen LogP contribution < -0.4 is 0 Å². The van der Waals surface area contributed by atoms with E-state index in [4.69, 9.17) is 0 Å². The molecule has 0 bridgehead atoms. The normalized spacial score (nSPS) is 20.3. The van der Waals surface area contributed by atoms with Crippen molar-refractivity contribution in [2.24, 2.45) is 0 Å².